The number of nitrogens with zero attached hydrogens (tertiary/aromatic N) is 1. The summed E-state index contributed by atoms with van der Waals surface area (Å²) in [6, 6.07) is 9.55. The molecule has 0 aromatic heterocycles. The molecule has 4 nitrogen and oxygen atoms in total. The fourth-order valence-electron chi connectivity index (χ4n) is 3.34. The Hall–Kier alpha value is -1.30. The Kier molecular flexibility index (Phi) is 6.59. The molecule has 1 saturated heterocycles. The minimum absolute atomic E-state index is 0.0687. The van der Waals surface area contributed by atoms with Gasteiger partial charge < -0.3 is 9.22 Å². The molecule has 0 saturated carbocycles. The first-order chi connectivity index (χ1) is 12.1. The highest BCUT2D eigenvalue weighted by atomic mass is 28.4. The van der Waals surface area contributed by atoms with Crippen LogP contribution >= 0.6 is 0 Å². The molecule has 0 bridgehead atoms. The van der Waals surface area contributed by atoms with Gasteiger partial charge in [-0.3, -0.25) is 9.69 Å². The van der Waals surface area contributed by atoms with E-state index in [0.29, 0.717) is 19.6 Å². The van der Waals surface area contributed by atoms with Crippen molar-refractivity contribution in [2.75, 3.05) is 6.61 Å². The van der Waals surface area contributed by atoms with Crippen LogP contribution in [0.3, 0.4) is 0 Å². The lowest BCUT2D eigenvalue weighted by Crippen LogP contribution is -2.44. The van der Waals surface area contributed by atoms with Crippen molar-refractivity contribution in [2.24, 2.45) is 5.92 Å². The number of hydrogen-bond acceptors (Lipinski definition) is 4. The standard InChI is InChI=1S/C21H33NO3Si/c1-16(24)19-12-18(15-25-26(5,6)21(2,3)4)20(14-23)22(19)13-17-10-8-7-9-11-17/h7-11,14,18-20H,12-13,15H2,1-6H3/t18-,19+,20-/m0/s1. The predicted octanol–water partition coefficient (Wildman–Crippen LogP) is 4.06. The molecule has 0 N–H and O–H groups in total. The van der Waals surface area contributed by atoms with E-state index < -0.39 is 8.32 Å². The molecular formula is C21H33NO3Si. The first-order valence-electron chi connectivity index (χ1n) is 9.46. The molecule has 1 fully saturated rings. The molecule has 0 spiro atoms. The van der Waals surface area contributed by atoms with Gasteiger partial charge in [-0.15, -0.1) is 0 Å². The molecule has 0 radical (unpaired) electrons. The van der Waals surface area contributed by atoms with E-state index in [1.165, 1.54) is 0 Å². The number of carbonyl (C=O) groups excluding carboxylic acids is 2. The minimum Gasteiger partial charge on any atom is -0.416 e. The van der Waals surface area contributed by atoms with Gasteiger partial charge in [0.05, 0.1) is 12.1 Å². The number of Topliss-reactive ketones (excluding diaryl/α,β-unsaturated/α-hetero) is 1. The Morgan fingerprint density at radius 3 is 2.38 bits per heavy atom. The number of carbonyl (C=O) groups is 2. The van der Waals surface area contributed by atoms with E-state index >= 15 is 0 Å². The number of hydrogen-bond donors (Lipinski definition) is 0. The van der Waals surface area contributed by atoms with Crippen LogP contribution in [0.2, 0.25) is 18.1 Å². The summed E-state index contributed by atoms with van der Waals surface area (Å²) in [4.78, 5) is 26.2. The summed E-state index contributed by atoms with van der Waals surface area (Å²) in [7, 11) is -1.88. The molecule has 0 unspecified atom stereocenters. The molecular weight excluding hydrogens is 342 g/mol. The fourth-order valence-corrected chi connectivity index (χ4v) is 4.40. The normalized spacial score (nSPS) is 24.6. The summed E-state index contributed by atoms with van der Waals surface area (Å²) in [6.45, 7) is 13.9. The van der Waals surface area contributed by atoms with Crippen molar-refractivity contribution in [1.29, 1.82) is 0 Å². The molecule has 144 valence electrons. The third kappa shape index (κ3) is 4.70. The van der Waals surface area contributed by atoms with Crippen LogP contribution < -0.4 is 0 Å². The van der Waals surface area contributed by atoms with Gasteiger partial charge in [-0.1, -0.05) is 51.1 Å². The summed E-state index contributed by atoms with van der Waals surface area (Å²) in [5.74, 6) is 0.196. The summed E-state index contributed by atoms with van der Waals surface area (Å²) >= 11 is 0. The molecule has 1 aliphatic rings. The van der Waals surface area contributed by atoms with Gasteiger partial charge in [0.15, 0.2) is 8.32 Å². The maximum absolute atomic E-state index is 12.2. The Balaban J connectivity index is 2.16. The average molecular weight is 376 g/mol. The molecule has 1 aromatic carbocycles. The number of rotatable bonds is 7. The maximum atomic E-state index is 12.2. The van der Waals surface area contributed by atoms with E-state index in [4.69, 9.17) is 4.43 Å². The van der Waals surface area contributed by atoms with Crippen molar-refractivity contribution in [2.45, 2.75) is 70.9 Å². The summed E-state index contributed by atoms with van der Waals surface area (Å²) < 4.78 is 6.38. The zero-order chi connectivity index (χ0) is 19.5. The third-order valence-corrected chi connectivity index (χ3v) is 10.6. The number of benzene rings is 1. The number of aldehydes is 1. The summed E-state index contributed by atoms with van der Waals surface area (Å²) in [6.07, 6.45) is 1.70. The van der Waals surface area contributed by atoms with Crippen molar-refractivity contribution < 1.29 is 14.0 Å². The summed E-state index contributed by atoms with van der Waals surface area (Å²) in [5, 5.41) is 0.131. The molecule has 3 atom stereocenters. The van der Waals surface area contributed by atoms with Crippen LogP contribution in [-0.4, -0.2) is 44.0 Å². The van der Waals surface area contributed by atoms with E-state index in [-0.39, 0.29) is 28.8 Å². The second-order valence-electron chi connectivity index (χ2n) is 8.98. The van der Waals surface area contributed by atoms with E-state index in [9.17, 15) is 9.59 Å². The van der Waals surface area contributed by atoms with Crippen molar-refractivity contribution in [3.05, 3.63) is 35.9 Å². The lowest BCUT2D eigenvalue weighted by atomic mass is 10.00. The smallest absolute Gasteiger partial charge is 0.191 e. The molecule has 1 heterocycles. The Morgan fingerprint density at radius 2 is 1.88 bits per heavy atom. The van der Waals surface area contributed by atoms with Crippen LogP contribution in [-0.2, 0) is 20.6 Å². The van der Waals surface area contributed by atoms with Crippen molar-refractivity contribution in [3.8, 4) is 0 Å². The minimum atomic E-state index is -1.88. The van der Waals surface area contributed by atoms with Gasteiger partial charge in [0, 0.05) is 19.1 Å². The predicted molar refractivity (Wildman–Crippen MR) is 108 cm³/mol. The van der Waals surface area contributed by atoms with Crippen molar-refractivity contribution in [3.63, 3.8) is 0 Å². The SMILES string of the molecule is CC(=O)[C@H]1C[C@@H](CO[Si](C)(C)C(C)(C)C)[C@H](C=O)N1Cc1ccccc1. The largest absolute Gasteiger partial charge is 0.416 e. The van der Waals surface area contributed by atoms with Gasteiger partial charge in [-0.2, -0.15) is 0 Å². The zero-order valence-electron chi connectivity index (χ0n) is 17.0. The van der Waals surface area contributed by atoms with Crippen LogP contribution in [0, 0.1) is 5.92 Å². The van der Waals surface area contributed by atoms with Gasteiger partial charge in [-0.05, 0) is 37.0 Å². The van der Waals surface area contributed by atoms with E-state index in [0.717, 1.165) is 11.8 Å². The second-order valence-corrected chi connectivity index (χ2v) is 13.8. The fraction of sp³-hybridized carbons (Fsp3) is 0.619. The van der Waals surface area contributed by atoms with Crippen LogP contribution in [0.4, 0.5) is 0 Å². The highest BCUT2D eigenvalue weighted by molar-refractivity contribution is 6.74. The first kappa shape index (κ1) is 21.0. The lowest BCUT2D eigenvalue weighted by Gasteiger charge is -2.37. The van der Waals surface area contributed by atoms with Crippen LogP contribution in [0.5, 0.6) is 0 Å². The van der Waals surface area contributed by atoms with E-state index in [2.05, 4.69) is 38.8 Å². The number of likely N-dealkylation sites (tertiary alicyclic amines) is 1. The average Bonchev–Trinajstić information content (AvgIpc) is 2.90. The van der Waals surface area contributed by atoms with Crippen molar-refractivity contribution >= 4 is 20.4 Å². The molecule has 0 aliphatic carbocycles. The van der Waals surface area contributed by atoms with Gasteiger partial charge in [0.25, 0.3) is 0 Å². The molecule has 1 aliphatic heterocycles. The maximum Gasteiger partial charge on any atom is 0.191 e. The Bertz CT molecular complexity index is 624. The molecule has 0 amide bonds. The molecule has 2 rings (SSSR count). The topological polar surface area (TPSA) is 46.6 Å². The zero-order valence-corrected chi connectivity index (χ0v) is 18.0. The van der Waals surface area contributed by atoms with Crippen LogP contribution in [0.15, 0.2) is 30.3 Å². The Labute approximate surface area is 159 Å². The van der Waals surface area contributed by atoms with Gasteiger partial charge >= 0.3 is 0 Å². The highest BCUT2D eigenvalue weighted by Gasteiger charge is 2.45. The van der Waals surface area contributed by atoms with Gasteiger partial charge in [-0.25, -0.2) is 0 Å². The van der Waals surface area contributed by atoms with E-state index in [1.54, 1.807) is 6.92 Å². The highest BCUT2D eigenvalue weighted by Crippen LogP contribution is 2.38. The molecule has 5 heteroatoms. The van der Waals surface area contributed by atoms with Gasteiger partial charge in [0.2, 0.25) is 0 Å². The van der Waals surface area contributed by atoms with Gasteiger partial charge in [0.1, 0.15) is 12.1 Å². The quantitative estimate of drug-likeness (QED) is 0.533. The van der Waals surface area contributed by atoms with Crippen LogP contribution in [0.1, 0.15) is 39.7 Å². The Morgan fingerprint density at radius 1 is 1.27 bits per heavy atom. The third-order valence-electron chi connectivity index (χ3n) is 6.07. The molecule has 1 aromatic rings. The number of ketones is 1. The monoisotopic (exact) mass is 375 g/mol. The first-order valence-corrected chi connectivity index (χ1v) is 12.4. The van der Waals surface area contributed by atoms with Crippen LogP contribution in [0.25, 0.3) is 0 Å². The van der Waals surface area contributed by atoms with E-state index in [1.807, 2.05) is 30.3 Å². The summed E-state index contributed by atoms with van der Waals surface area (Å²) in [5.41, 5.74) is 1.12. The lowest BCUT2D eigenvalue weighted by molar-refractivity contribution is -0.122. The van der Waals surface area contributed by atoms with Crippen molar-refractivity contribution in [1.82, 2.24) is 4.90 Å². The second kappa shape index (κ2) is 8.15. The molecule has 26 heavy (non-hydrogen) atoms.